The summed E-state index contributed by atoms with van der Waals surface area (Å²) >= 11 is 11.3. The molecule has 8 heteroatoms. The number of nitrogens with zero attached hydrogens (tertiary/aromatic N) is 1. The fourth-order valence-corrected chi connectivity index (χ4v) is 3.62. The van der Waals surface area contributed by atoms with E-state index in [-0.39, 0.29) is 9.92 Å². The number of benzene rings is 2. The maximum absolute atomic E-state index is 13.7. The first kappa shape index (κ1) is 15.9. The molecule has 0 amide bonds. The molecule has 0 atom stereocenters. The van der Waals surface area contributed by atoms with E-state index in [1.165, 1.54) is 13.1 Å². The van der Waals surface area contributed by atoms with E-state index >= 15 is 0 Å². The van der Waals surface area contributed by atoms with Crippen LogP contribution in [0.4, 0.5) is 15.8 Å². The molecule has 0 saturated heterocycles. The molecule has 0 aliphatic carbocycles. The average Bonchev–Trinajstić information content (AvgIpc) is 2.43. The molecule has 0 bridgehead atoms. The first-order valence-corrected chi connectivity index (χ1v) is 7.92. The van der Waals surface area contributed by atoms with Gasteiger partial charge in [-0.15, -0.1) is 0 Å². The van der Waals surface area contributed by atoms with Gasteiger partial charge in [0.1, 0.15) is 4.90 Å². The van der Waals surface area contributed by atoms with Crippen LogP contribution < -0.4 is 10.0 Å². The summed E-state index contributed by atoms with van der Waals surface area (Å²) < 4.78 is 39.7. The van der Waals surface area contributed by atoms with Crippen LogP contribution in [0.2, 0.25) is 10.0 Å². The van der Waals surface area contributed by atoms with Gasteiger partial charge in [-0.3, -0.25) is 4.31 Å². The summed E-state index contributed by atoms with van der Waals surface area (Å²) in [7, 11) is -2.71. The molecule has 2 aromatic rings. The Kier molecular flexibility index (Phi) is 4.32. The van der Waals surface area contributed by atoms with Crippen molar-refractivity contribution in [1.29, 1.82) is 0 Å². The first-order valence-electron chi connectivity index (χ1n) is 5.73. The molecule has 0 aromatic heterocycles. The van der Waals surface area contributed by atoms with Crippen LogP contribution >= 0.6 is 23.2 Å². The summed E-state index contributed by atoms with van der Waals surface area (Å²) in [5, 5.41) is -0.788. The van der Waals surface area contributed by atoms with Gasteiger partial charge in [-0.05, 0) is 30.3 Å². The molecule has 2 rings (SSSR count). The van der Waals surface area contributed by atoms with Crippen LogP contribution in [0.3, 0.4) is 0 Å². The minimum absolute atomic E-state index is 0.245. The predicted octanol–water partition coefficient (Wildman–Crippen LogP) is 3.54. The van der Waals surface area contributed by atoms with Crippen molar-refractivity contribution in [3.63, 3.8) is 0 Å². The van der Waals surface area contributed by atoms with Gasteiger partial charge in [-0.2, -0.15) is 0 Å². The highest BCUT2D eigenvalue weighted by atomic mass is 35.5. The molecule has 0 unspecified atom stereocenters. The van der Waals surface area contributed by atoms with Crippen molar-refractivity contribution < 1.29 is 12.8 Å². The largest absolute Gasteiger partial charge is 0.399 e. The van der Waals surface area contributed by atoms with Crippen LogP contribution in [0.25, 0.3) is 0 Å². The summed E-state index contributed by atoms with van der Waals surface area (Å²) in [5.74, 6) is -0.972. The van der Waals surface area contributed by atoms with Gasteiger partial charge in [0, 0.05) is 12.7 Å². The molecule has 2 aromatic carbocycles. The molecule has 0 heterocycles. The molecule has 0 aliphatic heterocycles. The van der Waals surface area contributed by atoms with Gasteiger partial charge in [0.2, 0.25) is 0 Å². The lowest BCUT2D eigenvalue weighted by molar-refractivity contribution is 0.589. The second-order valence-corrected chi connectivity index (χ2v) is 6.96. The van der Waals surface area contributed by atoms with E-state index in [0.717, 1.165) is 16.4 Å². The van der Waals surface area contributed by atoms with Crippen molar-refractivity contribution >= 4 is 44.6 Å². The van der Waals surface area contributed by atoms with Crippen molar-refractivity contribution in [3.8, 4) is 0 Å². The molecule has 4 nitrogen and oxygen atoms in total. The zero-order chi connectivity index (χ0) is 15.8. The van der Waals surface area contributed by atoms with E-state index in [9.17, 15) is 12.8 Å². The van der Waals surface area contributed by atoms with E-state index in [0.29, 0.717) is 11.4 Å². The highest BCUT2D eigenvalue weighted by Crippen LogP contribution is 2.32. The molecule has 0 radical (unpaired) electrons. The Balaban J connectivity index is 2.55. The average molecular weight is 349 g/mol. The summed E-state index contributed by atoms with van der Waals surface area (Å²) in [5.41, 5.74) is 6.37. The van der Waals surface area contributed by atoms with Crippen LogP contribution in [0.15, 0.2) is 41.3 Å². The lowest BCUT2D eigenvalue weighted by atomic mass is 10.3. The van der Waals surface area contributed by atoms with Crippen molar-refractivity contribution in [2.75, 3.05) is 17.1 Å². The lowest BCUT2D eigenvalue weighted by Crippen LogP contribution is -2.27. The number of halogens is 3. The van der Waals surface area contributed by atoms with E-state index in [4.69, 9.17) is 28.9 Å². The van der Waals surface area contributed by atoms with Crippen LogP contribution in [-0.4, -0.2) is 15.5 Å². The smallest absolute Gasteiger partial charge is 0.265 e. The Morgan fingerprint density at radius 1 is 1.19 bits per heavy atom. The number of rotatable bonds is 3. The number of hydrogen-bond acceptors (Lipinski definition) is 3. The molecular weight excluding hydrogens is 338 g/mol. The Labute approximate surface area is 131 Å². The number of sulfonamides is 1. The van der Waals surface area contributed by atoms with Gasteiger partial charge in [0.25, 0.3) is 10.0 Å². The van der Waals surface area contributed by atoms with Gasteiger partial charge in [-0.1, -0.05) is 29.3 Å². The molecular formula is C13H11Cl2FN2O2S. The molecule has 21 heavy (non-hydrogen) atoms. The Morgan fingerprint density at radius 3 is 2.48 bits per heavy atom. The predicted molar refractivity (Wildman–Crippen MR) is 82.9 cm³/mol. The molecule has 0 aliphatic rings. The fraction of sp³-hybridized carbons (Fsp3) is 0.0769. The summed E-state index contributed by atoms with van der Waals surface area (Å²) in [6, 6.07) is 8.58. The monoisotopic (exact) mass is 348 g/mol. The number of nitrogen functional groups attached to an aromatic ring is 1. The minimum Gasteiger partial charge on any atom is -0.399 e. The van der Waals surface area contributed by atoms with E-state index in [1.54, 1.807) is 18.2 Å². The van der Waals surface area contributed by atoms with Crippen LogP contribution in [-0.2, 0) is 10.0 Å². The maximum Gasteiger partial charge on any atom is 0.265 e. The third-order valence-electron chi connectivity index (χ3n) is 2.87. The van der Waals surface area contributed by atoms with E-state index in [1.807, 2.05) is 0 Å². The first-order chi connectivity index (χ1) is 9.75. The highest BCUT2D eigenvalue weighted by Gasteiger charge is 2.26. The van der Waals surface area contributed by atoms with Crippen molar-refractivity contribution in [3.05, 3.63) is 52.3 Å². The third-order valence-corrected chi connectivity index (χ3v) is 5.47. The normalized spacial score (nSPS) is 11.4. The van der Waals surface area contributed by atoms with Crippen molar-refractivity contribution in [1.82, 2.24) is 0 Å². The number of anilines is 2. The minimum atomic E-state index is -4.03. The van der Waals surface area contributed by atoms with Crippen LogP contribution in [0.5, 0.6) is 0 Å². The second-order valence-electron chi connectivity index (χ2n) is 4.24. The van der Waals surface area contributed by atoms with Gasteiger partial charge in [0.15, 0.2) is 5.82 Å². The molecule has 112 valence electrons. The van der Waals surface area contributed by atoms with Crippen molar-refractivity contribution in [2.45, 2.75) is 4.90 Å². The summed E-state index contributed by atoms with van der Waals surface area (Å²) in [6.45, 7) is 0. The molecule has 0 fully saturated rings. The zero-order valence-electron chi connectivity index (χ0n) is 10.8. The molecule has 0 spiro atoms. The maximum atomic E-state index is 13.7. The zero-order valence-corrected chi connectivity index (χ0v) is 13.2. The topological polar surface area (TPSA) is 63.4 Å². The van der Waals surface area contributed by atoms with Crippen molar-refractivity contribution in [2.24, 2.45) is 0 Å². The standard InChI is InChI=1S/C13H11Cl2FN2O2S/c1-18(9-4-2-3-8(17)7-9)21(19,20)11-6-5-10(14)13(16)12(11)15/h2-7H,17H2,1H3. The van der Waals surface area contributed by atoms with Gasteiger partial charge >= 0.3 is 0 Å². The Morgan fingerprint density at radius 2 is 1.86 bits per heavy atom. The lowest BCUT2D eigenvalue weighted by Gasteiger charge is -2.20. The quantitative estimate of drug-likeness (QED) is 0.681. The SMILES string of the molecule is CN(c1cccc(N)c1)S(=O)(=O)c1ccc(Cl)c(F)c1Cl. The van der Waals surface area contributed by atoms with Gasteiger partial charge < -0.3 is 5.73 Å². The highest BCUT2D eigenvalue weighted by molar-refractivity contribution is 7.93. The van der Waals surface area contributed by atoms with E-state index < -0.39 is 20.9 Å². The Hall–Kier alpha value is -1.50. The third kappa shape index (κ3) is 2.92. The van der Waals surface area contributed by atoms with E-state index in [2.05, 4.69) is 0 Å². The summed E-state index contributed by atoms with van der Waals surface area (Å²) in [6.07, 6.45) is 0. The van der Waals surface area contributed by atoms with Gasteiger partial charge in [0.05, 0.1) is 15.7 Å². The number of hydrogen-bond donors (Lipinski definition) is 1. The second kappa shape index (κ2) is 5.71. The fourth-order valence-electron chi connectivity index (χ4n) is 1.71. The molecule has 2 N–H and O–H groups in total. The van der Waals surface area contributed by atoms with Crippen LogP contribution in [0.1, 0.15) is 0 Å². The Bertz CT molecular complexity index is 797. The van der Waals surface area contributed by atoms with Gasteiger partial charge in [-0.25, -0.2) is 12.8 Å². The molecule has 0 saturated carbocycles. The summed E-state index contributed by atoms with van der Waals surface area (Å²) in [4.78, 5) is -0.365. The van der Waals surface area contributed by atoms with Crippen LogP contribution in [0, 0.1) is 5.82 Å². The number of nitrogens with two attached hydrogens (primary N) is 1.